The van der Waals surface area contributed by atoms with E-state index in [0.717, 1.165) is 22.7 Å². The Morgan fingerprint density at radius 3 is 2.89 bits per heavy atom. The van der Waals surface area contributed by atoms with Crippen LogP contribution in [0.25, 0.3) is 11.6 Å². The molecule has 0 atom stereocenters. The number of amides is 1. The van der Waals surface area contributed by atoms with Crippen molar-refractivity contribution in [3.63, 3.8) is 0 Å². The van der Waals surface area contributed by atoms with Gasteiger partial charge < -0.3 is 14.5 Å². The van der Waals surface area contributed by atoms with Crippen molar-refractivity contribution in [2.45, 2.75) is 39.8 Å². The van der Waals surface area contributed by atoms with E-state index in [4.69, 9.17) is 9.15 Å². The van der Waals surface area contributed by atoms with Crippen LogP contribution in [0.5, 0.6) is 5.75 Å². The maximum atomic E-state index is 12.1. The molecule has 3 aromatic rings. The second-order valence-electron chi connectivity index (χ2n) is 6.08. The lowest BCUT2D eigenvalue weighted by atomic mass is 10.2. The van der Waals surface area contributed by atoms with E-state index in [-0.39, 0.29) is 12.3 Å². The quantitative estimate of drug-likeness (QED) is 0.655. The number of aromatic nitrogens is 4. The molecule has 0 radical (unpaired) electrons. The first-order valence-electron chi connectivity index (χ1n) is 8.86. The molecule has 0 fully saturated rings. The summed E-state index contributed by atoms with van der Waals surface area (Å²) in [5, 5.41) is 15.4. The number of ether oxygens (including phenoxy) is 1. The van der Waals surface area contributed by atoms with Gasteiger partial charge in [0.2, 0.25) is 11.8 Å². The van der Waals surface area contributed by atoms with Gasteiger partial charge >= 0.3 is 0 Å². The Balaban J connectivity index is 1.54. The molecule has 1 N–H and O–H groups in total. The van der Waals surface area contributed by atoms with Crippen molar-refractivity contribution in [1.29, 1.82) is 0 Å². The zero-order valence-electron chi connectivity index (χ0n) is 15.7. The van der Waals surface area contributed by atoms with Crippen molar-refractivity contribution in [1.82, 2.24) is 25.3 Å². The standard InChI is InChI=1S/C19H23N5O3/c1-4-24-15(11-13(2)23-24)19-22-21-18(27-19)10-9-17(25)20-12-14-7-5-6-8-16(14)26-3/h5-8,11H,4,9-10,12H2,1-3H3,(H,20,25). The number of carbonyl (C=O) groups is 1. The van der Waals surface area contributed by atoms with Gasteiger partial charge in [0.05, 0.1) is 12.8 Å². The van der Waals surface area contributed by atoms with Crippen LogP contribution in [0, 0.1) is 6.92 Å². The molecule has 0 aliphatic rings. The molecule has 1 aromatic carbocycles. The number of hydrogen-bond donors (Lipinski definition) is 1. The highest BCUT2D eigenvalue weighted by Gasteiger charge is 2.15. The summed E-state index contributed by atoms with van der Waals surface area (Å²) in [4.78, 5) is 12.1. The lowest BCUT2D eigenvalue weighted by molar-refractivity contribution is -0.121. The number of para-hydroxylation sites is 1. The van der Waals surface area contributed by atoms with E-state index < -0.39 is 0 Å². The van der Waals surface area contributed by atoms with E-state index in [1.165, 1.54) is 0 Å². The minimum Gasteiger partial charge on any atom is -0.496 e. The number of aryl methyl sites for hydroxylation is 3. The van der Waals surface area contributed by atoms with Gasteiger partial charge in [0.1, 0.15) is 11.4 Å². The first-order valence-corrected chi connectivity index (χ1v) is 8.86. The fourth-order valence-electron chi connectivity index (χ4n) is 2.77. The largest absolute Gasteiger partial charge is 0.496 e. The molecule has 2 aromatic heterocycles. The number of nitrogens with zero attached hydrogens (tertiary/aromatic N) is 4. The SMILES string of the molecule is CCn1nc(C)cc1-c1nnc(CCC(=O)NCc2ccccc2OC)o1. The molecule has 8 heteroatoms. The number of carbonyl (C=O) groups excluding carboxylic acids is 1. The minimum absolute atomic E-state index is 0.0879. The van der Waals surface area contributed by atoms with E-state index >= 15 is 0 Å². The highest BCUT2D eigenvalue weighted by molar-refractivity contribution is 5.76. The fraction of sp³-hybridized carbons (Fsp3) is 0.368. The Kier molecular flexibility index (Phi) is 5.85. The van der Waals surface area contributed by atoms with Crippen LogP contribution in [-0.2, 0) is 24.3 Å². The summed E-state index contributed by atoms with van der Waals surface area (Å²) in [6.07, 6.45) is 0.646. The van der Waals surface area contributed by atoms with Crippen molar-refractivity contribution < 1.29 is 13.9 Å². The van der Waals surface area contributed by atoms with E-state index in [9.17, 15) is 4.79 Å². The number of nitrogens with one attached hydrogen (secondary N) is 1. The zero-order valence-corrected chi connectivity index (χ0v) is 15.7. The van der Waals surface area contributed by atoms with Crippen LogP contribution < -0.4 is 10.1 Å². The molecule has 27 heavy (non-hydrogen) atoms. The fourth-order valence-corrected chi connectivity index (χ4v) is 2.77. The lowest BCUT2D eigenvalue weighted by Crippen LogP contribution is -2.23. The number of benzene rings is 1. The van der Waals surface area contributed by atoms with Crippen LogP contribution in [0.4, 0.5) is 0 Å². The monoisotopic (exact) mass is 369 g/mol. The molecule has 8 nitrogen and oxygen atoms in total. The van der Waals surface area contributed by atoms with E-state index in [2.05, 4.69) is 20.6 Å². The average Bonchev–Trinajstić information content (AvgIpc) is 3.30. The van der Waals surface area contributed by atoms with Gasteiger partial charge in [-0.25, -0.2) is 0 Å². The molecule has 0 aliphatic heterocycles. The summed E-state index contributed by atoms with van der Waals surface area (Å²) in [6, 6.07) is 9.49. The Labute approximate surface area is 157 Å². The van der Waals surface area contributed by atoms with Crippen molar-refractivity contribution in [3.8, 4) is 17.3 Å². The van der Waals surface area contributed by atoms with Gasteiger partial charge in [0, 0.05) is 31.5 Å². The summed E-state index contributed by atoms with van der Waals surface area (Å²) in [5.41, 5.74) is 2.60. The summed E-state index contributed by atoms with van der Waals surface area (Å²) in [7, 11) is 1.61. The predicted octanol–water partition coefficient (Wildman–Crippen LogP) is 2.52. The highest BCUT2D eigenvalue weighted by atomic mass is 16.5. The van der Waals surface area contributed by atoms with Gasteiger partial charge in [-0.3, -0.25) is 9.48 Å². The first kappa shape index (κ1) is 18.6. The zero-order chi connectivity index (χ0) is 19.2. The van der Waals surface area contributed by atoms with Crippen LogP contribution in [0.1, 0.15) is 30.5 Å². The van der Waals surface area contributed by atoms with Crippen molar-refractivity contribution >= 4 is 5.91 Å². The minimum atomic E-state index is -0.0879. The first-order chi connectivity index (χ1) is 13.1. The molecule has 0 unspecified atom stereocenters. The molecule has 0 spiro atoms. The highest BCUT2D eigenvalue weighted by Crippen LogP contribution is 2.20. The third kappa shape index (κ3) is 4.52. The molecule has 0 saturated carbocycles. The molecule has 0 saturated heterocycles. The Morgan fingerprint density at radius 1 is 1.30 bits per heavy atom. The summed E-state index contributed by atoms with van der Waals surface area (Å²) in [6.45, 7) is 5.04. The second kappa shape index (κ2) is 8.48. The van der Waals surface area contributed by atoms with Crippen molar-refractivity contribution in [3.05, 3.63) is 47.5 Å². The molecular weight excluding hydrogens is 346 g/mol. The van der Waals surface area contributed by atoms with E-state index in [1.54, 1.807) is 7.11 Å². The lowest BCUT2D eigenvalue weighted by Gasteiger charge is -2.09. The van der Waals surface area contributed by atoms with Crippen LogP contribution >= 0.6 is 0 Å². The average molecular weight is 369 g/mol. The van der Waals surface area contributed by atoms with Gasteiger partial charge in [-0.05, 0) is 26.0 Å². The maximum absolute atomic E-state index is 12.1. The number of methoxy groups -OCH3 is 1. The number of hydrogen-bond acceptors (Lipinski definition) is 6. The second-order valence-corrected chi connectivity index (χ2v) is 6.08. The smallest absolute Gasteiger partial charge is 0.265 e. The molecule has 142 valence electrons. The molecule has 2 heterocycles. The Bertz CT molecular complexity index is 916. The Hall–Kier alpha value is -3.16. The molecular formula is C19H23N5O3. The van der Waals surface area contributed by atoms with Gasteiger partial charge in [0.15, 0.2) is 0 Å². The van der Waals surface area contributed by atoms with Gasteiger partial charge in [-0.15, -0.1) is 10.2 Å². The van der Waals surface area contributed by atoms with Crippen LogP contribution in [0.3, 0.4) is 0 Å². The number of rotatable bonds is 8. The topological polar surface area (TPSA) is 95.1 Å². The van der Waals surface area contributed by atoms with Gasteiger partial charge in [-0.1, -0.05) is 18.2 Å². The van der Waals surface area contributed by atoms with Gasteiger partial charge in [0.25, 0.3) is 5.89 Å². The van der Waals surface area contributed by atoms with Gasteiger partial charge in [-0.2, -0.15) is 5.10 Å². The van der Waals surface area contributed by atoms with Crippen LogP contribution in [0.2, 0.25) is 0 Å². The Morgan fingerprint density at radius 2 is 2.11 bits per heavy atom. The van der Waals surface area contributed by atoms with Crippen molar-refractivity contribution in [2.24, 2.45) is 0 Å². The van der Waals surface area contributed by atoms with E-state index in [1.807, 2.05) is 48.9 Å². The summed E-state index contributed by atoms with van der Waals surface area (Å²) in [5.74, 6) is 1.51. The third-order valence-corrected chi connectivity index (χ3v) is 4.12. The normalized spacial score (nSPS) is 10.8. The van der Waals surface area contributed by atoms with Crippen LogP contribution in [-0.4, -0.2) is 33.0 Å². The van der Waals surface area contributed by atoms with Crippen molar-refractivity contribution in [2.75, 3.05) is 7.11 Å². The third-order valence-electron chi connectivity index (χ3n) is 4.12. The summed E-state index contributed by atoms with van der Waals surface area (Å²) < 4.78 is 12.8. The van der Waals surface area contributed by atoms with Crippen LogP contribution in [0.15, 0.2) is 34.7 Å². The predicted molar refractivity (Wildman–Crippen MR) is 99.1 cm³/mol. The maximum Gasteiger partial charge on any atom is 0.265 e. The molecule has 0 bridgehead atoms. The van der Waals surface area contributed by atoms with E-state index in [0.29, 0.717) is 31.3 Å². The molecule has 1 amide bonds. The summed E-state index contributed by atoms with van der Waals surface area (Å²) >= 11 is 0. The molecule has 3 rings (SSSR count). The molecule has 0 aliphatic carbocycles.